The molecule has 1 aliphatic carbocycles. The Morgan fingerprint density at radius 2 is 2.14 bits per heavy atom. The second-order valence-electron chi connectivity index (χ2n) is 7.20. The number of anilines is 1. The Morgan fingerprint density at radius 3 is 3.03 bits per heavy atom. The van der Waals surface area contributed by atoms with Gasteiger partial charge < -0.3 is 25.4 Å². The highest BCUT2D eigenvalue weighted by molar-refractivity contribution is 5.92. The minimum absolute atomic E-state index is 0.0939. The molecule has 0 saturated heterocycles. The van der Waals surface area contributed by atoms with Crippen molar-refractivity contribution in [2.75, 3.05) is 32.1 Å². The molecule has 7 nitrogen and oxygen atoms in total. The maximum absolute atomic E-state index is 12.0. The molecule has 1 amide bonds. The zero-order valence-electron chi connectivity index (χ0n) is 16.5. The van der Waals surface area contributed by atoms with Gasteiger partial charge in [0.2, 0.25) is 5.91 Å². The molecule has 0 spiro atoms. The maximum atomic E-state index is 12.0. The number of methoxy groups -OCH3 is 1. The quantitative estimate of drug-likeness (QED) is 0.629. The summed E-state index contributed by atoms with van der Waals surface area (Å²) in [7, 11) is 1.63. The van der Waals surface area contributed by atoms with Crippen LogP contribution < -0.4 is 16.0 Å². The standard InChI is InChI=1S/C22H26N4O3/c1-28-11-10-23-13-21(27)24-17-7-9-19-16(12-17)14-29-22(25-19)26-20-8-6-15-4-2-3-5-18(15)20/h2-5,7,9,12,20,23H,6,8,10-11,13-14H2,1H3,(H,24,27)(H,25,26)/t20-/m1/s1. The SMILES string of the molecule is COCCNCC(=O)Nc1ccc2c(c1)COC(N[C@@H]1CCc3ccccc31)=N2. The number of carbonyl (C=O) groups excluding carboxylic acids is 1. The lowest BCUT2D eigenvalue weighted by molar-refractivity contribution is -0.115. The van der Waals surface area contributed by atoms with E-state index in [0.717, 1.165) is 29.8 Å². The van der Waals surface area contributed by atoms with E-state index in [1.54, 1.807) is 7.11 Å². The van der Waals surface area contributed by atoms with Crippen LogP contribution in [0.4, 0.5) is 11.4 Å². The lowest BCUT2D eigenvalue weighted by Crippen LogP contribution is -2.31. The van der Waals surface area contributed by atoms with Crippen LogP contribution in [0, 0.1) is 0 Å². The van der Waals surface area contributed by atoms with Gasteiger partial charge in [-0.3, -0.25) is 4.79 Å². The minimum Gasteiger partial charge on any atom is -0.460 e. The van der Waals surface area contributed by atoms with Crippen molar-refractivity contribution in [2.24, 2.45) is 4.99 Å². The number of aliphatic imine (C=N–C) groups is 1. The van der Waals surface area contributed by atoms with E-state index in [2.05, 4.69) is 45.2 Å². The van der Waals surface area contributed by atoms with Crippen LogP contribution in [0.3, 0.4) is 0 Å². The summed E-state index contributed by atoms with van der Waals surface area (Å²) in [6, 6.07) is 15.0. The van der Waals surface area contributed by atoms with Gasteiger partial charge in [0.05, 0.1) is 24.9 Å². The lowest BCUT2D eigenvalue weighted by Gasteiger charge is -2.22. The average Bonchev–Trinajstić information content (AvgIpc) is 3.14. The molecule has 0 unspecified atom stereocenters. The van der Waals surface area contributed by atoms with E-state index >= 15 is 0 Å². The van der Waals surface area contributed by atoms with Crippen LogP contribution in [0.15, 0.2) is 47.5 Å². The van der Waals surface area contributed by atoms with Crippen molar-refractivity contribution in [3.63, 3.8) is 0 Å². The number of rotatable bonds is 7. The summed E-state index contributed by atoms with van der Waals surface area (Å²) in [4.78, 5) is 16.6. The highest BCUT2D eigenvalue weighted by Gasteiger charge is 2.24. The number of hydrogen-bond donors (Lipinski definition) is 3. The van der Waals surface area contributed by atoms with Crippen molar-refractivity contribution in [1.29, 1.82) is 0 Å². The molecule has 152 valence electrons. The summed E-state index contributed by atoms with van der Waals surface area (Å²) >= 11 is 0. The molecule has 2 aromatic carbocycles. The van der Waals surface area contributed by atoms with Crippen molar-refractivity contribution in [3.05, 3.63) is 59.2 Å². The van der Waals surface area contributed by atoms with Gasteiger partial charge in [-0.1, -0.05) is 24.3 Å². The summed E-state index contributed by atoms with van der Waals surface area (Å²) in [5.41, 5.74) is 5.26. The number of fused-ring (bicyclic) bond motifs is 2. The monoisotopic (exact) mass is 394 g/mol. The van der Waals surface area contributed by atoms with Crippen molar-refractivity contribution in [1.82, 2.24) is 10.6 Å². The summed E-state index contributed by atoms with van der Waals surface area (Å²) in [6.07, 6.45) is 2.11. The molecule has 0 bridgehead atoms. The van der Waals surface area contributed by atoms with Crippen LogP contribution in [0.25, 0.3) is 0 Å². The Morgan fingerprint density at radius 1 is 1.24 bits per heavy atom. The highest BCUT2D eigenvalue weighted by atomic mass is 16.5. The molecular weight excluding hydrogens is 368 g/mol. The molecule has 4 rings (SSSR count). The predicted octanol–water partition coefficient (Wildman–Crippen LogP) is 2.66. The number of amidine groups is 1. The molecule has 7 heteroatoms. The fourth-order valence-corrected chi connectivity index (χ4v) is 3.69. The zero-order valence-corrected chi connectivity index (χ0v) is 16.5. The number of carbonyl (C=O) groups is 1. The minimum atomic E-state index is -0.0939. The number of amides is 1. The van der Waals surface area contributed by atoms with E-state index in [4.69, 9.17) is 9.47 Å². The molecule has 3 N–H and O–H groups in total. The first-order valence-electron chi connectivity index (χ1n) is 9.91. The fourth-order valence-electron chi connectivity index (χ4n) is 3.69. The Hall–Kier alpha value is -2.90. The predicted molar refractivity (Wildman–Crippen MR) is 112 cm³/mol. The van der Waals surface area contributed by atoms with Crippen molar-refractivity contribution >= 4 is 23.3 Å². The Bertz CT molecular complexity index is 913. The average molecular weight is 394 g/mol. The normalized spacial score (nSPS) is 17.0. The number of nitrogens with one attached hydrogen (secondary N) is 3. The van der Waals surface area contributed by atoms with Gasteiger partial charge in [0, 0.05) is 24.9 Å². The summed E-state index contributed by atoms with van der Waals surface area (Å²) in [5.74, 6) is -0.0939. The van der Waals surface area contributed by atoms with Gasteiger partial charge in [-0.15, -0.1) is 0 Å². The molecular formula is C22H26N4O3. The third-order valence-corrected chi connectivity index (χ3v) is 5.15. The third kappa shape index (κ3) is 4.75. The van der Waals surface area contributed by atoms with Gasteiger partial charge in [0.15, 0.2) is 0 Å². The van der Waals surface area contributed by atoms with E-state index in [0.29, 0.717) is 25.8 Å². The largest absolute Gasteiger partial charge is 0.460 e. The van der Waals surface area contributed by atoms with Gasteiger partial charge in [-0.2, -0.15) is 4.99 Å². The summed E-state index contributed by atoms with van der Waals surface area (Å²) in [6.45, 7) is 1.87. The second kappa shape index (κ2) is 9.07. The first-order valence-corrected chi connectivity index (χ1v) is 9.91. The Balaban J connectivity index is 1.36. The van der Waals surface area contributed by atoms with Crippen LogP contribution in [0.1, 0.15) is 29.2 Å². The molecule has 1 heterocycles. The van der Waals surface area contributed by atoms with Crippen LogP contribution >= 0.6 is 0 Å². The van der Waals surface area contributed by atoms with Crippen LogP contribution in [0.2, 0.25) is 0 Å². The van der Waals surface area contributed by atoms with Crippen molar-refractivity contribution in [2.45, 2.75) is 25.5 Å². The van der Waals surface area contributed by atoms with Gasteiger partial charge in [-0.05, 0) is 42.2 Å². The zero-order chi connectivity index (χ0) is 20.1. The summed E-state index contributed by atoms with van der Waals surface area (Å²) in [5, 5.41) is 9.35. The number of aryl methyl sites for hydroxylation is 1. The second-order valence-corrected chi connectivity index (χ2v) is 7.20. The van der Waals surface area contributed by atoms with Gasteiger partial charge >= 0.3 is 0 Å². The van der Waals surface area contributed by atoms with E-state index in [1.165, 1.54) is 11.1 Å². The molecule has 0 radical (unpaired) electrons. The van der Waals surface area contributed by atoms with E-state index in [-0.39, 0.29) is 18.5 Å². The highest BCUT2D eigenvalue weighted by Crippen LogP contribution is 2.32. The Kier molecular flexibility index (Phi) is 6.07. The molecule has 1 atom stereocenters. The fraction of sp³-hybridized carbons (Fsp3) is 0.364. The van der Waals surface area contributed by atoms with E-state index < -0.39 is 0 Å². The molecule has 29 heavy (non-hydrogen) atoms. The summed E-state index contributed by atoms with van der Waals surface area (Å²) < 4.78 is 10.8. The van der Waals surface area contributed by atoms with Crippen molar-refractivity contribution < 1.29 is 14.3 Å². The Labute approximate surface area is 170 Å². The molecule has 2 aliphatic rings. The molecule has 1 aliphatic heterocycles. The third-order valence-electron chi connectivity index (χ3n) is 5.15. The maximum Gasteiger partial charge on any atom is 0.290 e. The van der Waals surface area contributed by atoms with Crippen molar-refractivity contribution in [3.8, 4) is 0 Å². The van der Waals surface area contributed by atoms with E-state index in [1.807, 2.05) is 18.2 Å². The lowest BCUT2D eigenvalue weighted by atomic mass is 10.1. The smallest absolute Gasteiger partial charge is 0.290 e. The molecule has 2 aromatic rings. The number of ether oxygens (including phenoxy) is 2. The van der Waals surface area contributed by atoms with E-state index in [9.17, 15) is 4.79 Å². The first-order chi connectivity index (χ1) is 14.2. The topological polar surface area (TPSA) is 84.0 Å². The van der Waals surface area contributed by atoms with Gasteiger partial charge in [0.25, 0.3) is 6.02 Å². The molecule has 0 saturated carbocycles. The van der Waals surface area contributed by atoms with Crippen LogP contribution in [0.5, 0.6) is 0 Å². The van der Waals surface area contributed by atoms with Crippen LogP contribution in [-0.2, 0) is 27.3 Å². The van der Waals surface area contributed by atoms with Gasteiger partial charge in [0.1, 0.15) is 6.61 Å². The van der Waals surface area contributed by atoms with Crippen LogP contribution in [-0.4, -0.2) is 38.7 Å². The number of nitrogens with zero attached hydrogens (tertiary/aromatic N) is 1. The number of benzene rings is 2. The van der Waals surface area contributed by atoms with Gasteiger partial charge in [-0.25, -0.2) is 0 Å². The molecule has 0 aromatic heterocycles. The molecule has 0 fully saturated rings. The number of hydrogen-bond acceptors (Lipinski definition) is 6. The first kappa shape index (κ1) is 19.4.